The highest BCUT2D eigenvalue weighted by Gasteiger charge is 2.27. The summed E-state index contributed by atoms with van der Waals surface area (Å²) < 4.78 is 46.1. The Bertz CT molecular complexity index is 4460. The number of hydrogen-bond donors (Lipinski definition) is 6. The number of anilines is 6. The molecule has 2 fully saturated rings. The number of hydrogen-bond acceptors (Lipinski definition) is 34. The number of methoxy groups -OCH3 is 4. The maximum Gasteiger partial charge on any atom is 0.329 e. The average Bonchev–Trinajstić information content (AvgIpc) is 1.58. The van der Waals surface area contributed by atoms with Gasteiger partial charge >= 0.3 is 41.2 Å². The molecular formula is C72H88Cl5N19O19. The molecule has 1 saturated heterocycles. The number of nitrogens with one attached hydrogen (secondary N) is 2. The molecule has 38 nitrogen and oxygen atoms in total. The zero-order chi connectivity index (χ0) is 84.6. The quantitative estimate of drug-likeness (QED) is 0.00529. The maximum atomic E-state index is 11.0. The lowest BCUT2D eigenvalue weighted by atomic mass is 10.1. The van der Waals surface area contributed by atoms with Crippen LogP contribution >= 0.6 is 58.0 Å². The van der Waals surface area contributed by atoms with Crippen LogP contribution in [0.4, 0.5) is 45.8 Å². The number of benzene rings is 4. The Morgan fingerprint density at radius 1 is 0.548 bits per heavy atom. The Kier molecular flexibility index (Phi) is 44.6. The molecule has 2 aliphatic rings. The van der Waals surface area contributed by atoms with Crippen LogP contribution in [0.5, 0.6) is 23.0 Å². The first-order valence-electron chi connectivity index (χ1n) is 34.9. The molecule has 4 aromatic carbocycles. The molecule has 0 bridgehead atoms. The van der Waals surface area contributed by atoms with Crippen molar-refractivity contribution in [1.82, 2.24) is 59.8 Å². The van der Waals surface area contributed by atoms with E-state index in [4.69, 9.17) is 104 Å². The van der Waals surface area contributed by atoms with Gasteiger partial charge in [-0.2, -0.15) is 24.6 Å². The Morgan fingerprint density at radius 2 is 0.939 bits per heavy atom. The topological polar surface area (TPSA) is 514 Å². The first-order valence-corrected chi connectivity index (χ1v) is 36.8. The molecule has 43 heteroatoms. The van der Waals surface area contributed by atoms with Gasteiger partial charge in [-0.15, -0.1) is 5.10 Å². The number of ether oxygens (including phenoxy) is 9. The molecule has 0 radical (unpaired) electrons. The molecule has 1 saturated carbocycles. The Hall–Kier alpha value is -11.5. The average molecular weight is 1700 g/mol. The van der Waals surface area contributed by atoms with E-state index < -0.39 is 15.8 Å². The number of aromatic nitrogens is 11. The standard InChI is InChI=1S/C14H12ClN5O3.C14H13ClN4O5.C14H15ClN4O3.C10H13NO3.C6H11NO2.C6H15N.C4HCl2N3O2.C4H8O/c1-22-12(21)6-7-23-10-4-2-9(3-5-10)20-13-11(18-19-20)8-16-14(15)17-13;1-23-12(20)6-7-24-10-4-2-9(3-5-10)17-13-11(19(21)22)8-16-14(15)18-13;1-21-12(20)6-7-22-10-4-2-9(3-5-10)18-13-11(16)8-17-14(15)19-13;1-13-10(12)6-7-14-9-4-2-8(11)3-5-9;7-5-2-1-4(3-5)6(8)9;1-4-7(5-2)6-3;5-3-2(9(10)11)1-7-4(6)8-3;1-2-4-5-3-1/h2-5,8H,6-7H2,1H3;2-5,8H,6-7H2,1H3,(H,16,17,18);2-5,8H,6-7,16H2,1H3,(H,17,18,19);2-5H,6-7,11H2,1H3;4-5H,1-3,7H2,(H,8,9);4-6H2,1-3H3;1H;1-4H2/t;;;;4-,5-;;;/m....1.../s1. The molecule has 5 aromatic heterocycles. The third-order valence-electron chi connectivity index (χ3n) is 15.2. The Balaban J connectivity index is 0.000000289. The van der Waals surface area contributed by atoms with Gasteiger partial charge in [0, 0.05) is 36.3 Å². The number of rotatable bonds is 27. The summed E-state index contributed by atoms with van der Waals surface area (Å²) in [7, 11) is 5.34. The molecule has 0 amide bonds. The number of nitrogen functional groups attached to an aromatic ring is 2. The van der Waals surface area contributed by atoms with Crippen LogP contribution in [0.25, 0.3) is 16.9 Å². The van der Waals surface area contributed by atoms with E-state index in [9.17, 15) is 44.2 Å². The molecule has 1 aliphatic heterocycles. The summed E-state index contributed by atoms with van der Waals surface area (Å²) in [5.74, 6) is 0.811. The summed E-state index contributed by atoms with van der Waals surface area (Å²) >= 11 is 27.8. The number of nitro groups is 2. The largest absolute Gasteiger partial charge is 0.493 e. The van der Waals surface area contributed by atoms with E-state index in [0.29, 0.717) is 70.1 Å². The molecule has 6 heterocycles. The van der Waals surface area contributed by atoms with E-state index in [1.54, 1.807) is 102 Å². The number of carboxylic acids is 1. The molecule has 0 spiro atoms. The van der Waals surface area contributed by atoms with E-state index in [1.807, 2.05) is 0 Å². The van der Waals surface area contributed by atoms with Gasteiger partial charge in [-0.3, -0.25) is 44.2 Å². The maximum absolute atomic E-state index is 11.0. The number of aliphatic carboxylic acids is 1. The smallest absolute Gasteiger partial charge is 0.329 e. The highest BCUT2D eigenvalue weighted by molar-refractivity contribution is 6.33. The van der Waals surface area contributed by atoms with Crippen molar-refractivity contribution < 1.29 is 81.6 Å². The van der Waals surface area contributed by atoms with Crippen LogP contribution in [0.15, 0.2) is 122 Å². The van der Waals surface area contributed by atoms with Crippen LogP contribution in [0.3, 0.4) is 0 Å². The van der Waals surface area contributed by atoms with Gasteiger partial charge in [0.2, 0.25) is 32.1 Å². The molecule has 620 valence electrons. The highest BCUT2D eigenvalue weighted by Crippen LogP contribution is 2.29. The molecule has 9 N–H and O–H groups in total. The number of halogens is 5. The van der Waals surface area contributed by atoms with Crippen molar-refractivity contribution in [2.75, 3.05) is 110 Å². The van der Waals surface area contributed by atoms with Gasteiger partial charge < -0.3 is 80.5 Å². The van der Waals surface area contributed by atoms with E-state index >= 15 is 0 Å². The number of nitrogens with two attached hydrogens (primary N) is 3. The fourth-order valence-corrected chi connectivity index (χ4v) is 9.79. The third-order valence-corrected chi connectivity index (χ3v) is 16.2. The number of nitrogens with zero attached hydrogens (tertiary/aromatic N) is 14. The molecule has 2 atom stereocenters. The first kappa shape index (κ1) is 95.9. The van der Waals surface area contributed by atoms with E-state index in [1.165, 1.54) is 73.3 Å². The number of carboxylic acid groups (broad SMARTS) is 1. The second kappa shape index (κ2) is 53.5. The molecule has 11 rings (SSSR count). The first-order chi connectivity index (χ1) is 55.1. The summed E-state index contributed by atoms with van der Waals surface area (Å²) in [5.41, 5.74) is 20.3. The van der Waals surface area contributed by atoms with Gasteiger partial charge in [0.05, 0.1) is 120 Å². The summed E-state index contributed by atoms with van der Waals surface area (Å²) in [4.78, 5) is 106. The van der Waals surface area contributed by atoms with Crippen molar-refractivity contribution in [3.05, 3.63) is 168 Å². The normalized spacial score (nSPS) is 12.6. The molecular weight excluding hydrogens is 1610 g/mol. The zero-order valence-electron chi connectivity index (χ0n) is 63.6. The van der Waals surface area contributed by atoms with Crippen molar-refractivity contribution in [2.45, 2.75) is 84.6 Å². The van der Waals surface area contributed by atoms with Gasteiger partial charge in [-0.25, -0.2) is 19.9 Å². The van der Waals surface area contributed by atoms with Crippen LogP contribution in [-0.4, -0.2) is 198 Å². The van der Waals surface area contributed by atoms with Crippen molar-refractivity contribution in [3.8, 4) is 28.7 Å². The van der Waals surface area contributed by atoms with Gasteiger partial charge in [-0.05, 0) is 195 Å². The van der Waals surface area contributed by atoms with Crippen LogP contribution in [0, 0.1) is 26.1 Å². The van der Waals surface area contributed by atoms with Gasteiger partial charge in [0.1, 0.15) is 35.4 Å². The number of carbonyl (C=O) groups excluding carboxylic acids is 4. The second-order valence-corrected chi connectivity index (χ2v) is 24.8. The number of fused-ring (bicyclic) bond motifs is 1. The molecule has 9 aromatic rings. The van der Waals surface area contributed by atoms with Gasteiger partial charge in [0.25, 0.3) is 0 Å². The minimum absolute atomic E-state index is 0.0145. The molecule has 0 unspecified atom stereocenters. The lowest BCUT2D eigenvalue weighted by Gasteiger charge is -2.13. The van der Waals surface area contributed by atoms with Gasteiger partial charge in [0.15, 0.2) is 17.0 Å². The third kappa shape index (κ3) is 37.8. The summed E-state index contributed by atoms with van der Waals surface area (Å²) in [6.45, 7) is 13.1. The van der Waals surface area contributed by atoms with Crippen molar-refractivity contribution in [3.63, 3.8) is 0 Å². The summed E-state index contributed by atoms with van der Waals surface area (Å²) in [5, 5.41) is 43.2. The van der Waals surface area contributed by atoms with E-state index in [0.717, 1.165) is 49.8 Å². The fraction of sp³-hybridized carbons (Fsp3) is 0.375. The van der Waals surface area contributed by atoms with Crippen LogP contribution < -0.4 is 46.8 Å². The predicted molar refractivity (Wildman–Crippen MR) is 429 cm³/mol. The fourth-order valence-electron chi connectivity index (χ4n) is 9.02. The summed E-state index contributed by atoms with van der Waals surface area (Å²) in [6.07, 6.45) is 10.6. The monoisotopic (exact) mass is 1700 g/mol. The predicted octanol–water partition coefficient (Wildman–Crippen LogP) is 12.2. The van der Waals surface area contributed by atoms with Crippen molar-refractivity contribution in [1.29, 1.82) is 0 Å². The van der Waals surface area contributed by atoms with E-state index in [2.05, 4.69) is 105 Å². The minimum Gasteiger partial charge on any atom is -0.493 e. The van der Waals surface area contributed by atoms with Crippen molar-refractivity contribution in [2.24, 2.45) is 11.7 Å². The van der Waals surface area contributed by atoms with Crippen LogP contribution in [0.2, 0.25) is 26.3 Å². The van der Waals surface area contributed by atoms with Gasteiger partial charge in [-0.1, -0.05) is 37.6 Å². The summed E-state index contributed by atoms with van der Waals surface area (Å²) in [6, 6.07) is 28.0. The zero-order valence-corrected chi connectivity index (χ0v) is 67.4. The lowest BCUT2D eigenvalue weighted by molar-refractivity contribution is -0.385. The highest BCUT2D eigenvalue weighted by atomic mass is 35.5. The SMILES string of the molecule is C1CCOC1.CCN(CC)CC.COC(=O)CCOc1ccc(-n2nnc3cnc(Cl)nc32)cc1.COC(=O)CCOc1ccc(N)cc1.COC(=O)CCOc1ccc(Nc2nc(Cl)ncc2N)cc1.COC(=O)CCOc1ccc(Nc2nc(Cl)ncc2[N+](=O)[O-])cc1.N[C@@H]1CC[C@@H](C(=O)O)C1.O=[N+]([O-])c1cnc(Cl)nc1Cl. The Morgan fingerprint density at radius 3 is 1.31 bits per heavy atom. The lowest BCUT2D eigenvalue weighted by Crippen LogP contribution is -2.21. The van der Waals surface area contributed by atoms with Crippen LogP contribution in [0.1, 0.15) is 78.6 Å². The van der Waals surface area contributed by atoms with E-state index in [-0.39, 0.29) is 125 Å². The second-order valence-electron chi connectivity index (χ2n) is 23.1. The Labute approximate surface area is 685 Å². The van der Waals surface area contributed by atoms with Crippen molar-refractivity contribution >= 4 is 145 Å². The number of esters is 4. The molecule has 115 heavy (non-hydrogen) atoms. The molecule has 1 aliphatic carbocycles. The minimum atomic E-state index is -0.692. The number of carbonyl (C=O) groups is 5. The van der Waals surface area contributed by atoms with Crippen LogP contribution in [-0.2, 0) is 47.7 Å².